The number of carbonyl (C=O) groups excluding carboxylic acids is 4. The van der Waals surface area contributed by atoms with Gasteiger partial charge in [0, 0.05) is 0 Å². The maximum Gasteiger partial charge on any atom is 0.550 e. The predicted octanol–water partition coefficient (Wildman–Crippen LogP) is 5.78. The molecule has 2 aromatic carbocycles. The Labute approximate surface area is 293 Å². The van der Waals surface area contributed by atoms with Crippen LogP contribution in [0.4, 0.5) is 9.59 Å². The Hall–Kier alpha value is -4.17. The van der Waals surface area contributed by atoms with E-state index in [2.05, 4.69) is 48.9 Å². The summed E-state index contributed by atoms with van der Waals surface area (Å²) in [6.45, 7) is 8.25. The van der Waals surface area contributed by atoms with Crippen LogP contribution in [0, 0.1) is 11.8 Å². The average molecular weight is 709 g/mol. The van der Waals surface area contributed by atoms with E-state index in [0.717, 1.165) is 57.8 Å². The summed E-state index contributed by atoms with van der Waals surface area (Å²) in [6, 6.07) is 14.3. The Bertz CT molecular complexity index is 1350. The first-order chi connectivity index (χ1) is 23.5. The molecule has 0 aliphatic heterocycles. The molecule has 0 saturated heterocycles. The smallest absolute Gasteiger partial charge is 0.428 e. The Morgan fingerprint density at radius 3 is 1.22 bits per heavy atom. The second-order valence-corrected chi connectivity index (χ2v) is 16.8. The summed E-state index contributed by atoms with van der Waals surface area (Å²) in [6.07, 6.45) is 5.05. The average Bonchev–Trinajstić information content (AvgIpc) is 3.10. The van der Waals surface area contributed by atoms with Gasteiger partial charge in [0.15, 0.2) is 0 Å². The second kappa shape index (κ2) is 19.1. The van der Waals surface area contributed by atoms with Gasteiger partial charge in [-0.25, -0.2) is 29.1 Å². The van der Waals surface area contributed by atoms with Crippen molar-refractivity contribution in [3.05, 3.63) is 82.2 Å². The lowest BCUT2D eigenvalue weighted by Gasteiger charge is -2.33. The first-order valence-corrected chi connectivity index (χ1v) is 20.2. The molecule has 49 heavy (non-hydrogen) atoms. The van der Waals surface area contributed by atoms with E-state index in [1.807, 2.05) is 24.3 Å². The molecule has 2 fully saturated rings. The van der Waals surface area contributed by atoms with Crippen LogP contribution in [0.25, 0.3) is 0 Å². The quantitative estimate of drug-likeness (QED) is 0.130. The van der Waals surface area contributed by atoms with Crippen LogP contribution in [-0.4, -0.2) is 55.5 Å². The number of allylic oxidation sites excluding steroid dienone is 2. The minimum Gasteiger partial charge on any atom is -0.428 e. The minimum absolute atomic E-state index is 0.278. The van der Waals surface area contributed by atoms with Crippen LogP contribution in [0.1, 0.15) is 106 Å². The first-order valence-electron chi connectivity index (χ1n) is 17.2. The molecule has 2 aromatic rings. The van der Waals surface area contributed by atoms with Crippen LogP contribution in [-0.2, 0) is 29.0 Å². The van der Waals surface area contributed by atoms with Crippen molar-refractivity contribution in [3.8, 4) is 0 Å². The molecule has 10 nitrogen and oxygen atoms in total. The van der Waals surface area contributed by atoms with Gasteiger partial charge >= 0.3 is 24.2 Å². The summed E-state index contributed by atoms with van der Waals surface area (Å²) in [5, 5.41) is 2.39. The van der Waals surface area contributed by atoms with E-state index in [-0.39, 0.29) is 12.2 Å². The molecule has 264 valence electrons. The summed E-state index contributed by atoms with van der Waals surface area (Å²) in [7, 11) is -1.05. The topological polar surface area (TPSA) is 124 Å². The monoisotopic (exact) mass is 708 g/mol. The summed E-state index contributed by atoms with van der Waals surface area (Å²) in [4.78, 5) is 67.5. The summed E-state index contributed by atoms with van der Waals surface area (Å²) >= 11 is 0. The molecule has 2 aliphatic carbocycles. The Morgan fingerprint density at radius 1 is 0.551 bits per heavy atom. The maximum atomic E-state index is 12.3. The lowest BCUT2D eigenvalue weighted by molar-refractivity contribution is -0.208. The summed E-state index contributed by atoms with van der Waals surface area (Å²) in [5.74, 6) is -0.450. The molecule has 0 spiro atoms. The largest absolute Gasteiger partial charge is 0.550 e. The number of rotatable bonds is 10. The second-order valence-electron chi connectivity index (χ2n) is 13.5. The van der Waals surface area contributed by atoms with Gasteiger partial charge in [0.1, 0.15) is 12.2 Å². The molecule has 0 heterocycles. The SMILES string of the molecule is CC(C)=C[SiH2]c1ccc(C(=O)OOC(=O)OC2CCC(CC3CCC(OC(=O)OOC(=O)c4ccc([SiH2]C=C(C)C)cc4)CC3)CC2)cc1. The molecule has 0 N–H and O–H groups in total. The standard InChI is InChI=1S/C37H48O10Si2/c1-24(2)22-48-32-17-9-28(10-18-32)34(38)44-46-36(40)42-30-13-5-26(6-14-30)21-27-7-15-31(16-8-27)43-37(41)47-45-35(39)29-11-19-33(20-12-29)49-23-25(3)4/h9-12,17-20,22-23,26-27,30-31H,5-8,13-16,21,48-49H2,1-4H3. The van der Waals surface area contributed by atoms with E-state index in [1.165, 1.54) is 21.5 Å². The zero-order valence-electron chi connectivity index (χ0n) is 28.9. The van der Waals surface area contributed by atoms with Crippen molar-refractivity contribution in [2.45, 2.75) is 97.7 Å². The Balaban J connectivity index is 1.06. The number of carbonyl (C=O) groups is 4. The van der Waals surface area contributed by atoms with Gasteiger partial charge in [-0.05, 0) is 122 Å². The van der Waals surface area contributed by atoms with E-state index >= 15 is 0 Å². The van der Waals surface area contributed by atoms with E-state index in [0.29, 0.717) is 23.0 Å². The highest BCUT2D eigenvalue weighted by atomic mass is 28.2. The van der Waals surface area contributed by atoms with Crippen molar-refractivity contribution in [3.63, 3.8) is 0 Å². The molecule has 4 rings (SSSR count). The zero-order valence-corrected chi connectivity index (χ0v) is 31.8. The number of hydrogen-bond acceptors (Lipinski definition) is 10. The Morgan fingerprint density at radius 2 is 0.898 bits per heavy atom. The van der Waals surface area contributed by atoms with Crippen LogP contribution in [0.2, 0.25) is 0 Å². The van der Waals surface area contributed by atoms with Gasteiger partial charge in [-0.3, -0.25) is 0 Å². The highest BCUT2D eigenvalue weighted by molar-refractivity contribution is 6.59. The molecule has 12 heteroatoms. The molecule has 0 aromatic heterocycles. The van der Waals surface area contributed by atoms with Crippen molar-refractivity contribution in [2.24, 2.45) is 11.8 Å². The molecular weight excluding hydrogens is 661 g/mol. The maximum absolute atomic E-state index is 12.3. The molecule has 0 amide bonds. The van der Waals surface area contributed by atoms with Crippen molar-refractivity contribution >= 4 is 53.7 Å². The summed E-state index contributed by atoms with van der Waals surface area (Å²) < 4.78 is 10.8. The number of hydrogen-bond donors (Lipinski definition) is 0. The highest BCUT2D eigenvalue weighted by Crippen LogP contribution is 2.36. The zero-order chi connectivity index (χ0) is 35.2. The van der Waals surface area contributed by atoms with Gasteiger partial charge < -0.3 is 9.47 Å². The third-order valence-corrected chi connectivity index (χ3v) is 12.9. The normalized spacial score (nSPS) is 20.7. The van der Waals surface area contributed by atoms with Gasteiger partial charge in [-0.2, -0.15) is 9.59 Å². The fourth-order valence-electron chi connectivity index (χ4n) is 6.19. The summed E-state index contributed by atoms with van der Waals surface area (Å²) in [5.41, 5.74) is 7.64. The molecule has 0 atom stereocenters. The van der Waals surface area contributed by atoms with E-state index < -0.39 is 43.3 Å². The fraction of sp³-hybridized carbons (Fsp3) is 0.459. The van der Waals surface area contributed by atoms with Crippen molar-refractivity contribution < 1.29 is 48.2 Å². The molecule has 2 saturated carbocycles. The minimum atomic E-state index is -1.01. The van der Waals surface area contributed by atoms with Crippen LogP contribution < -0.4 is 10.4 Å². The molecule has 2 aliphatic rings. The molecule has 0 radical (unpaired) electrons. The lowest BCUT2D eigenvalue weighted by Crippen LogP contribution is -2.28. The fourth-order valence-corrected chi connectivity index (χ4v) is 8.50. The number of benzene rings is 2. The van der Waals surface area contributed by atoms with Gasteiger partial charge in [-0.15, -0.1) is 0 Å². The third kappa shape index (κ3) is 13.3. The third-order valence-electron chi connectivity index (χ3n) is 9.02. The molecule has 0 bridgehead atoms. The van der Waals surface area contributed by atoms with Crippen LogP contribution in [0.15, 0.2) is 71.1 Å². The van der Waals surface area contributed by atoms with Gasteiger partial charge in [0.05, 0.1) is 30.2 Å². The van der Waals surface area contributed by atoms with Crippen molar-refractivity contribution in [1.82, 2.24) is 0 Å². The van der Waals surface area contributed by atoms with Gasteiger partial charge in [0.25, 0.3) is 0 Å². The lowest BCUT2D eigenvalue weighted by atomic mass is 9.76. The molecule has 0 unspecified atom stereocenters. The van der Waals surface area contributed by atoms with Crippen molar-refractivity contribution in [1.29, 1.82) is 0 Å². The van der Waals surface area contributed by atoms with Crippen molar-refractivity contribution in [2.75, 3.05) is 0 Å². The highest BCUT2D eigenvalue weighted by Gasteiger charge is 2.30. The van der Waals surface area contributed by atoms with Gasteiger partial charge in [-0.1, -0.05) is 57.2 Å². The van der Waals surface area contributed by atoms with E-state index in [4.69, 9.17) is 19.2 Å². The predicted molar refractivity (Wildman–Crippen MR) is 190 cm³/mol. The van der Waals surface area contributed by atoms with Crippen LogP contribution >= 0.6 is 0 Å². The van der Waals surface area contributed by atoms with E-state index in [9.17, 15) is 19.2 Å². The Kier molecular flexibility index (Phi) is 14.7. The van der Waals surface area contributed by atoms with Crippen LogP contribution in [0.5, 0.6) is 0 Å². The molecular formula is C37H48O10Si2. The van der Waals surface area contributed by atoms with Gasteiger partial charge in [0.2, 0.25) is 0 Å². The number of ether oxygens (including phenoxy) is 2. The van der Waals surface area contributed by atoms with Crippen LogP contribution in [0.3, 0.4) is 0 Å². The first kappa shape index (κ1) is 37.6. The van der Waals surface area contributed by atoms with E-state index in [1.54, 1.807) is 24.3 Å².